The maximum Gasteiger partial charge on any atom is 0.255 e. The van der Waals surface area contributed by atoms with Crippen LogP contribution in [0.5, 0.6) is 0 Å². The van der Waals surface area contributed by atoms with Crippen LogP contribution in [0.3, 0.4) is 0 Å². The summed E-state index contributed by atoms with van der Waals surface area (Å²) in [5.41, 5.74) is 7.03. The molecule has 78 valence electrons. The third-order valence-electron chi connectivity index (χ3n) is 2.11. The number of nitrogens with one attached hydrogen (secondary N) is 2. The summed E-state index contributed by atoms with van der Waals surface area (Å²) < 4.78 is 0.392. The smallest absolute Gasteiger partial charge is 0.255 e. The Balaban J connectivity index is 3.12. The molecule has 1 rings (SSSR count). The second kappa shape index (κ2) is 5.07. The number of hydrogen-bond acceptors (Lipinski definition) is 3. The first kappa shape index (κ1) is 11.1. The minimum absolute atomic E-state index is 0.0842. The van der Waals surface area contributed by atoms with Crippen LogP contribution in [0, 0.1) is 4.77 Å². The fourth-order valence-electron chi connectivity index (χ4n) is 1.40. The summed E-state index contributed by atoms with van der Waals surface area (Å²) in [5, 5.41) is 0. The van der Waals surface area contributed by atoms with Crippen molar-refractivity contribution in [3.05, 3.63) is 26.4 Å². The van der Waals surface area contributed by atoms with Gasteiger partial charge in [-0.15, -0.1) is 0 Å². The van der Waals surface area contributed by atoms with Gasteiger partial charge in [-0.2, -0.15) is 0 Å². The maximum absolute atomic E-state index is 11.5. The molecule has 0 spiro atoms. The Bertz CT molecular complexity index is 407. The van der Waals surface area contributed by atoms with E-state index in [1.165, 1.54) is 0 Å². The van der Waals surface area contributed by atoms with Crippen LogP contribution in [0.2, 0.25) is 0 Å². The van der Waals surface area contributed by atoms with Gasteiger partial charge in [0.2, 0.25) is 0 Å². The number of aromatic amines is 2. The fraction of sp³-hybridized carbons (Fsp3) is 0.556. The molecule has 5 heteroatoms. The van der Waals surface area contributed by atoms with Crippen LogP contribution in [-0.4, -0.2) is 16.5 Å². The van der Waals surface area contributed by atoms with Crippen molar-refractivity contribution in [2.45, 2.75) is 26.2 Å². The molecule has 0 atom stereocenters. The molecule has 0 aliphatic carbocycles. The summed E-state index contributed by atoms with van der Waals surface area (Å²) in [6, 6.07) is 0. The number of aromatic nitrogens is 2. The molecule has 4 N–H and O–H groups in total. The van der Waals surface area contributed by atoms with Crippen molar-refractivity contribution >= 4 is 12.2 Å². The molecule has 0 radical (unpaired) electrons. The zero-order valence-electron chi connectivity index (χ0n) is 8.22. The molecular formula is C9H15N3OS. The number of H-pyrrole nitrogens is 2. The summed E-state index contributed by atoms with van der Waals surface area (Å²) in [4.78, 5) is 17.1. The van der Waals surface area contributed by atoms with Crippen molar-refractivity contribution in [2.75, 3.05) is 6.54 Å². The standard InChI is InChI=1S/C9H15N3OS/c1-2-7-6(4-3-5-10)8(13)12-9(14)11-7/h2-5,10H2,1H3,(H2,11,12,13,14). The Morgan fingerprint density at radius 3 is 2.71 bits per heavy atom. The number of rotatable bonds is 4. The lowest BCUT2D eigenvalue weighted by atomic mass is 10.1. The number of aryl methyl sites for hydroxylation is 1. The van der Waals surface area contributed by atoms with Crippen LogP contribution < -0.4 is 11.3 Å². The monoisotopic (exact) mass is 213 g/mol. The van der Waals surface area contributed by atoms with E-state index in [2.05, 4.69) is 9.97 Å². The highest BCUT2D eigenvalue weighted by molar-refractivity contribution is 7.71. The zero-order chi connectivity index (χ0) is 10.6. The van der Waals surface area contributed by atoms with E-state index in [1.807, 2.05) is 6.92 Å². The quantitative estimate of drug-likeness (QED) is 0.650. The lowest BCUT2D eigenvalue weighted by Gasteiger charge is -2.05. The van der Waals surface area contributed by atoms with Crippen molar-refractivity contribution in [1.82, 2.24) is 9.97 Å². The van der Waals surface area contributed by atoms with Crippen LogP contribution in [0.1, 0.15) is 24.6 Å². The van der Waals surface area contributed by atoms with Crippen LogP contribution in [0.4, 0.5) is 0 Å². The van der Waals surface area contributed by atoms with E-state index in [1.54, 1.807) is 0 Å². The van der Waals surface area contributed by atoms with E-state index >= 15 is 0 Å². The first-order valence-electron chi connectivity index (χ1n) is 4.73. The van der Waals surface area contributed by atoms with E-state index in [0.717, 1.165) is 24.1 Å². The van der Waals surface area contributed by atoms with Gasteiger partial charge in [-0.1, -0.05) is 6.92 Å². The minimum Gasteiger partial charge on any atom is -0.336 e. The summed E-state index contributed by atoms with van der Waals surface area (Å²) in [6.07, 6.45) is 2.31. The lowest BCUT2D eigenvalue weighted by Crippen LogP contribution is -2.18. The van der Waals surface area contributed by atoms with Gasteiger partial charge in [-0.25, -0.2) is 0 Å². The second-order valence-corrected chi connectivity index (χ2v) is 3.52. The predicted octanol–water partition coefficient (Wildman–Crippen LogP) is 0.886. The highest BCUT2D eigenvalue weighted by Crippen LogP contribution is 2.03. The summed E-state index contributed by atoms with van der Waals surface area (Å²) in [5.74, 6) is 0. The molecule has 0 aliphatic heterocycles. The zero-order valence-corrected chi connectivity index (χ0v) is 9.04. The largest absolute Gasteiger partial charge is 0.336 e. The van der Waals surface area contributed by atoms with Crippen LogP contribution in [0.15, 0.2) is 4.79 Å². The van der Waals surface area contributed by atoms with E-state index in [4.69, 9.17) is 18.0 Å². The molecule has 0 aromatic carbocycles. The van der Waals surface area contributed by atoms with Crippen molar-refractivity contribution in [2.24, 2.45) is 5.73 Å². The summed E-state index contributed by atoms with van der Waals surface area (Å²) >= 11 is 4.89. The van der Waals surface area contributed by atoms with Gasteiger partial charge in [0, 0.05) is 11.3 Å². The number of hydrogen-bond donors (Lipinski definition) is 3. The highest BCUT2D eigenvalue weighted by atomic mass is 32.1. The van der Waals surface area contributed by atoms with Gasteiger partial charge in [0.25, 0.3) is 5.56 Å². The summed E-state index contributed by atoms with van der Waals surface area (Å²) in [6.45, 7) is 2.59. The van der Waals surface area contributed by atoms with E-state index in [9.17, 15) is 4.79 Å². The molecule has 14 heavy (non-hydrogen) atoms. The molecule has 1 heterocycles. The van der Waals surface area contributed by atoms with Crippen LogP contribution in [-0.2, 0) is 12.8 Å². The molecule has 0 bridgehead atoms. The molecule has 0 amide bonds. The molecule has 0 unspecified atom stereocenters. The van der Waals surface area contributed by atoms with Crippen molar-refractivity contribution < 1.29 is 0 Å². The average molecular weight is 213 g/mol. The normalized spacial score (nSPS) is 10.4. The van der Waals surface area contributed by atoms with E-state index in [-0.39, 0.29) is 5.56 Å². The van der Waals surface area contributed by atoms with Gasteiger partial charge in [-0.05, 0) is 38.0 Å². The first-order valence-corrected chi connectivity index (χ1v) is 5.14. The van der Waals surface area contributed by atoms with E-state index < -0.39 is 0 Å². The van der Waals surface area contributed by atoms with E-state index in [0.29, 0.717) is 17.7 Å². The van der Waals surface area contributed by atoms with Crippen molar-refractivity contribution in [3.63, 3.8) is 0 Å². The lowest BCUT2D eigenvalue weighted by molar-refractivity contribution is 0.790. The van der Waals surface area contributed by atoms with Gasteiger partial charge in [-0.3, -0.25) is 9.78 Å². The molecule has 0 fully saturated rings. The number of nitrogens with two attached hydrogens (primary N) is 1. The van der Waals surface area contributed by atoms with Gasteiger partial charge >= 0.3 is 0 Å². The topological polar surface area (TPSA) is 74.7 Å². The predicted molar refractivity (Wildman–Crippen MR) is 59.0 cm³/mol. The van der Waals surface area contributed by atoms with Crippen molar-refractivity contribution in [3.8, 4) is 0 Å². The molecule has 4 nitrogen and oxygen atoms in total. The molecule has 1 aromatic heterocycles. The maximum atomic E-state index is 11.5. The Morgan fingerprint density at radius 1 is 1.43 bits per heavy atom. The Labute approximate surface area is 87.6 Å². The Morgan fingerprint density at radius 2 is 2.14 bits per heavy atom. The molecular weight excluding hydrogens is 198 g/mol. The third-order valence-corrected chi connectivity index (χ3v) is 2.32. The molecule has 0 aliphatic rings. The Hall–Kier alpha value is -0.940. The molecule has 0 saturated heterocycles. The van der Waals surface area contributed by atoms with Crippen LogP contribution in [0.25, 0.3) is 0 Å². The highest BCUT2D eigenvalue weighted by Gasteiger charge is 2.05. The average Bonchev–Trinajstić information content (AvgIpc) is 2.15. The SMILES string of the molecule is CCc1[nH]c(=S)[nH]c(=O)c1CCCN. The third kappa shape index (κ3) is 2.52. The van der Waals surface area contributed by atoms with Crippen molar-refractivity contribution in [1.29, 1.82) is 0 Å². The minimum atomic E-state index is -0.0842. The van der Waals surface area contributed by atoms with Gasteiger partial charge in [0.05, 0.1) is 0 Å². The van der Waals surface area contributed by atoms with Gasteiger partial charge in [0.15, 0.2) is 4.77 Å². The second-order valence-electron chi connectivity index (χ2n) is 3.11. The first-order chi connectivity index (χ1) is 6.69. The van der Waals surface area contributed by atoms with Crippen LogP contribution >= 0.6 is 12.2 Å². The Kier molecular flexibility index (Phi) is 4.03. The molecule has 1 aromatic rings. The fourth-order valence-corrected chi connectivity index (χ4v) is 1.62. The van der Waals surface area contributed by atoms with Gasteiger partial charge < -0.3 is 10.7 Å². The van der Waals surface area contributed by atoms with Gasteiger partial charge in [0.1, 0.15) is 0 Å². The molecule has 0 saturated carbocycles. The summed E-state index contributed by atoms with van der Waals surface area (Å²) in [7, 11) is 0.